The van der Waals surface area contributed by atoms with E-state index in [1.807, 2.05) is 6.07 Å². The van der Waals surface area contributed by atoms with Crippen LogP contribution in [0.25, 0.3) is 0 Å². The average molecular weight is 320 g/mol. The van der Waals surface area contributed by atoms with Crippen LogP contribution in [0.1, 0.15) is 11.1 Å². The number of nitro groups is 1. The van der Waals surface area contributed by atoms with E-state index >= 15 is 0 Å². The summed E-state index contributed by atoms with van der Waals surface area (Å²) in [6.45, 7) is 0. The van der Waals surface area contributed by atoms with E-state index in [1.165, 1.54) is 6.07 Å². The largest absolute Gasteiger partial charge is 0.275 e. The highest BCUT2D eigenvalue weighted by molar-refractivity contribution is 9.10. The molecule has 72 valence electrons. The summed E-state index contributed by atoms with van der Waals surface area (Å²) in [4.78, 5) is 10.2. The molecule has 0 N–H and O–H groups in total. The van der Waals surface area contributed by atoms with Gasteiger partial charge in [0.05, 0.1) is 22.1 Å². The lowest BCUT2D eigenvalue weighted by atomic mass is 10.1. The summed E-state index contributed by atoms with van der Waals surface area (Å²) in [6, 6.07) is 4.69. The molecular formula is C8H4Br2N2O2. The normalized spacial score (nSPS) is 9.50. The molecule has 0 aliphatic heterocycles. The average Bonchev–Trinajstić information content (AvgIpc) is 2.16. The molecule has 0 amide bonds. The molecule has 0 radical (unpaired) electrons. The van der Waals surface area contributed by atoms with Gasteiger partial charge < -0.3 is 0 Å². The Morgan fingerprint density at radius 1 is 1.57 bits per heavy atom. The summed E-state index contributed by atoms with van der Waals surface area (Å²) in [5.74, 6) is 0. The number of rotatable bonds is 2. The van der Waals surface area contributed by atoms with Crippen molar-refractivity contribution < 1.29 is 4.92 Å². The van der Waals surface area contributed by atoms with Crippen LogP contribution in [0.2, 0.25) is 0 Å². The molecular weight excluding hydrogens is 316 g/mol. The van der Waals surface area contributed by atoms with Crippen LogP contribution in [0.5, 0.6) is 0 Å². The predicted octanol–water partition coefficient (Wildman–Crippen LogP) is 3.12. The van der Waals surface area contributed by atoms with Gasteiger partial charge >= 0.3 is 0 Å². The van der Waals surface area contributed by atoms with Crippen molar-refractivity contribution in [2.24, 2.45) is 0 Å². The Labute approximate surface area is 96.9 Å². The maximum absolute atomic E-state index is 10.7. The molecule has 1 aromatic rings. The maximum Gasteiger partial charge on any atom is 0.275 e. The van der Waals surface area contributed by atoms with Crippen LogP contribution in [0.15, 0.2) is 16.6 Å². The highest BCUT2D eigenvalue weighted by Gasteiger charge is 2.17. The Kier molecular flexibility index (Phi) is 3.61. The number of nitriles is 1. The molecule has 14 heavy (non-hydrogen) atoms. The number of halogens is 2. The van der Waals surface area contributed by atoms with Gasteiger partial charge in [-0.3, -0.25) is 10.1 Å². The highest BCUT2D eigenvalue weighted by Crippen LogP contribution is 2.30. The Hall–Kier alpha value is -0.930. The monoisotopic (exact) mass is 318 g/mol. The Bertz CT molecular complexity index is 426. The lowest BCUT2D eigenvalue weighted by Crippen LogP contribution is -1.95. The smallest absolute Gasteiger partial charge is 0.258 e. The van der Waals surface area contributed by atoms with E-state index in [0.717, 1.165) is 0 Å². The third-order valence-electron chi connectivity index (χ3n) is 1.63. The number of benzene rings is 1. The van der Waals surface area contributed by atoms with E-state index in [-0.39, 0.29) is 11.3 Å². The van der Waals surface area contributed by atoms with Crippen LogP contribution in [-0.2, 0) is 5.33 Å². The van der Waals surface area contributed by atoms with E-state index in [1.54, 1.807) is 6.07 Å². The van der Waals surface area contributed by atoms with Crippen LogP contribution < -0.4 is 0 Å². The van der Waals surface area contributed by atoms with Crippen LogP contribution >= 0.6 is 31.9 Å². The van der Waals surface area contributed by atoms with Crippen LogP contribution in [0, 0.1) is 21.4 Å². The summed E-state index contributed by atoms with van der Waals surface area (Å²) in [6.07, 6.45) is 0. The van der Waals surface area contributed by atoms with Gasteiger partial charge in [0.2, 0.25) is 0 Å². The zero-order valence-electron chi connectivity index (χ0n) is 6.83. The molecule has 1 aromatic carbocycles. The molecule has 0 aliphatic rings. The second-order valence-electron chi connectivity index (χ2n) is 2.46. The molecule has 0 spiro atoms. The zero-order chi connectivity index (χ0) is 10.7. The summed E-state index contributed by atoms with van der Waals surface area (Å²) < 4.78 is 0.570. The third-order valence-corrected chi connectivity index (χ3v) is 2.90. The molecule has 0 bridgehead atoms. The van der Waals surface area contributed by atoms with E-state index in [2.05, 4.69) is 31.9 Å². The molecule has 0 aromatic heterocycles. The quantitative estimate of drug-likeness (QED) is 0.478. The minimum atomic E-state index is -0.498. The first-order chi connectivity index (χ1) is 6.60. The number of alkyl halides is 1. The molecule has 0 saturated heterocycles. The van der Waals surface area contributed by atoms with E-state index in [9.17, 15) is 10.1 Å². The van der Waals surface area contributed by atoms with Crippen LogP contribution in [0.4, 0.5) is 5.69 Å². The van der Waals surface area contributed by atoms with E-state index in [4.69, 9.17) is 5.26 Å². The predicted molar refractivity (Wildman–Crippen MR) is 58.1 cm³/mol. The Morgan fingerprint density at radius 2 is 2.21 bits per heavy atom. The summed E-state index contributed by atoms with van der Waals surface area (Å²) >= 11 is 6.34. The molecule has 0 unspecified atom stereocenters. The lowest BCUT2D eigenvalue weighted by molar-refractivity contribution is -0.385. The van der Waals surface area contributed by atoms with Crippen molar-refractivity contribution in [2.75, 3.05) is 0 Å². The topological polar surface area (TPSA) is 66.9 Å². The number of hydrogen-bond donors (Lipinski definition) is 0. The van der Waals surface area contributed by atoms with Crippen molar-refractivity contribution in [1.82, 2.24) is 0 Å². The van der Waals surface area contributed by atoms with Gasteiger partial charge in [0, 0.05) is 15.9 Å². The fourth-order valence-electron chi connectivity index (χ4n) is 0.982. The third kappa shape index (κ3) is 2.11. The molecule has 4 nitrogen and oxygen atoms in total. The lowest BCUT2D eigenvalue weighted by Gasteiger charge is -2.02. The van der Waals surface area contributed by atoms with Crippen molar-refractivity contribution >= 4 is 37.5 Å². The second kappa shape index (κ2) is 4.53. The van der Waals surface area contributed by atoms with Gasteiger partial charge in [-0.25, -0.2) is 0 Å². The van der Waals surface area contributed by atoms with Crippen molar-refractivity contribution in [3.8, 4) is 6.07 Å². The molecule has 0 saturated carbocycles. The minimum absolute atomic E-state index is 0.0483. The molecule has 0 aliphatic carbocycles. The first-order valence-electron chi connectivity index (χ1n) is 3.53. The first kappa shape index (κ1) is 11.1. The van der Waals surface area contributed by atoms with Crippen molar-refractivity contribution in [3.05, 3.63) is 37.8 Å². The van der Waals surface area contributed by atoms with Gasteiger partial charge in [-0.05, 0) is 6.07 Å². The van der Waals surface area contributed by atoms with Gasteiger partial charge in [-0.2, -0.15) is 5.26 Å². The van der Waals surface area contributed by atoms with Gasteiger partial charge in [0.25, 0.3) is 5.69 Å². The summed E-state index contributed by atoms with van der Waals surface area (Å²) in [7, 11) is 0. The first-order valence-corrected chi connectivity index (χ1v) is 5.44. The molecule has 1 rings (SSSR count). The van der Waals surface area contributed by atoms with Crippen LogP contribution in [0.3, 0.4) is 0 Å². The standard InChI is InChI=1S/C8H4Br2N2O2/c9-3-6-7(10)1-5(4-11)2-8(6)12(13)14/h1-2H,3H2. The Balaban J connectivity index is 3.45. The van der Waals surface area contributed by atoms with Gasteiger partial charge in [-0.15, -0.1) is 0 Å². The van der Waals surface area contributed by atoms with Gasteiger partial charge in [0.15, 0.2) is 0 Å². The van der Waals surface area contributed by atoms with E-state index in [0.29, 0.717) is 15.4 Å². The van der Waals surface area contributed by atoms with Gasteiger partial charge in [-0.1, -0.05) is 31.9 Å². The zero-order valence-corrected chi connectivity index (χ0v) is 10.0. The van der Waals surface area contributed by atoms with Crippen molar-refractivity contribution in [1.29, 1.82) is 5.26 Å². The van der Waals surface area contributed by atoms with E-state index < -0.39 is 4.92 Å². The Morgan fingerprint density at radius 3 is 2.64 bits per heavy atom. The molecule has 0 atom stereocenters. The maximum atomic E-state index is 10.7. The van der Waals surface area contributed by atoms with Crippen molar-refractivity contribution in [2.45, 2.75) is 5.33 Å². The highest BCUT2D eigenvalue weighted by atomic mass is 79.9. The molecule has 0 heterocycles. The molecule has 6 heteroatoms. The number of nitrogens with zero attached hydrogens (tertiary/aromatic N) is 2. The SMILES string of the molecule is N#Cc1cc(Br)c(CBr)c([N+](=O)[O-])c1. The van der Waals surface area contributed by atoms with Gasteiger partial charge in [0.1, 0.15) is 0 Å². The van der Waals surface area contributed by atoms with Crippen molar-refractivity contribution in [3.63, 3.8) is 0 Å². The molecule has 0 fully saturated rings. The number of nitro benzene ring substituents is 1. The van der Waals surface area contributed by atoms with Crippen LogP contribution in [-0.4, -0.2) is 4.92 Å². The fourth-order valence-corrected chi connectivity index (χ4v) is 2.54. The summed E-state index contributed by atoms with van der Waals surface area (Å²) in [5, 5.41) is 19.7. The second-order valence-corrected chi connectivity index (χ2v) is 3.87. The fraction of sp³-hybridized carbons (Fsp3) is 0.125. The minimum Gasteiger partial charge on any atom is -0.258 e. The number of hydrogen-bond acceptors (Lipinski definition) is 3. The summed E-state index contributed by atoms with van der Waals surface area (Å²) in [5.41, 5.74) is 0.759.